The van der Waals surface area contributed by atoms with E-state index in [1.165, 1.54) is 0 Å². The highest BCUT2D eigenvalue weighted by Gasteiger charge is 2.08. The molecule has 0 unspecified atom stereocenters. The van der Waals surface area contributed by atoms with Crippen LogP contribution in [0.3, 0.4) is 0 Å². The number of aryl methyl sites for hydroxylation is 2. The molecule has 0 saturated heterocycles. The van der Waals surface area contributed by atoms with Gasteiger partial charge in [0.05, 0.1) is 17.9 Å². The lowest BCUT2D eigenvalue weighted by Gasteiger charge is -2.07. The second kappa shape index (κ2) is 6.56. The van der Waals surface area contributed by atoms with Crippen LogP contribution in [-0.4, -0.2) is 22.2 Å². The first-order valence-electron chi connectivity index (χ1n) is 6.40. The largest absolute Gasteiger partial charge is 0.373 e. The van der Waals surface area contributed by atoms with E-state index < -0.39 is 0 Å². The highest BCUT2D eigenvalue weighted by atomic mass is 79.9. The number of hydrogen-bond acceptors (Lipinski definition) is 3. The maximum atomic E-state index is 11.9. The highest BCUT2D eigenvalue weighted by Crippen LogP contribution is 2.16. The van der Waals surface area contributed by atoms with Crippen molar-refractivity contribution in [3.63, 3.8) is 0 Å². The summed E-state index contributed by atoms with van der Waals surface area (Å²) >= 11 is 3.37. The third-order valence-corrected chi connectivity index (χ3v) is 3.28. The average Bonchev–Trinajstić information content (AvgIpc) is 2.77. The Morgan fingerprint density at radius 1 is 1.45 bits per heavy atom. The van der Waals surface area contributed by atoms with E-state index in [1.807, 2.05) is 44.4 Å². The van der Waals surface area contributed by atoms with E-state index in [-0.39, 0.29) is 12.5 Å². The summed E-state index contributed by atoms with van der Waals surface area (Å²) in [6.45, 7) is 2.25. The number of carbonyl (C=O) groups is 1. The van der Waals surface area contributed by atoms with Gasteiger partial charge in [0, 0.05) is 23.4 Å². The molecule has 0 aliphatic heterocycles. The zero-order chi connectivity index (χ0) is 14.5. The molecule has 0 spiro atoms. The monoisotopic (exact) mass is 336 g/mol. The topological polar surface area (TPSA) is 59.0 Å². The number of benzene rings is 1. The molecule has 20 heavy (non-hydrogen) atoms. The molecule has 106 valence electrons. The van der Waals surface area contributed by atoms with E-state index in [0.717, 1.165) is 28.0 Å². The van der Waals surface area contributed by atoms with Crippen LogP contribution in [0, 0.1) is 0 Å². The summed E-state index contributed by atoms with van der Waals surface area (Å²) in [5, 5.41) is 10.3. The van der Waals surface area contributed by atoms with Crippen molar-refractivity contribution in [3.05, 3.63) is 40.6 Å². The van der Waals surface area contributed by atoms with E-state index in [2.05, 4.69) is 31.7 Å². The number of hydrogen-bond donors (Lipinski definition) is 2. The summed E-state index contributed by atoms with van der Waals surface area (Å²) in [5.74, 6) is -0.0889. The van der Waals surface area contributed by atoms with Crippen molar-refractivity contribution < 1.29 is 4.79 Å². The summed E-state index contributed by atoms with van der Waals surface area (Å²) < 4.78 is 2.68. The van der Waals surface area contributed by atoms with E-state index in [4.69, 9.17) is 0 Å². The molecule has 5 nitrogen and oxygen atoms in total. The minimum absolute atomic E-state index is 0.0889. The van der Waals surface area contributed by atoms with Crippen LogP contribution in [-0.2, 0) is 18.3 Å². The third-order valence-electron chi connectivity index (χ3n) is 2.79. The normalized spacial score (nSPS) is 10.3. The third kappa shape index (κ3) is 3.84. The highest BCUT2D eigenvalue weighted by molar-refractivity contribution is 9.10. The van der Waals surface area contributed by atoms with Gasteiger partial charge in [-0.15, -0.1) is 0 Å². The predicted molar refractivity (Wildman–Crippen MR) is 83.8 cm³/mol. The van der Waals surface area contributed by atoms with E-state index in [0.29, 0.717) is 0 Å². The molecular formula is C14H17BrN4O. The molecular weight excluding hydrogens is 320 g/mol. The van der Waals surface area contributed by atoms with Gasteiger partial charge in [-0.2, -0.15) is 5.10 Å². The lowest BCUT2D eigenvalue weighted by molar-refractivity contribution is -0.114. The van der Waals surface area contributed by atoms with Gasteiger partial charge in [0.25, 0.3) is 0 Å². The summed E-state index contributed by atoms with van der Waals surface area (Å²) in [5.41, 5.74) is 2.63. The average molecular weight is 337 g/mol. The van der Waals surface area contributed by atoms with Crippen molar-refractivity contribution in [3.8, 4) is 0 Å². The maximum absolute atomic E-state index is 11.9. The van der Waals surface area contributed by atoms with Gasteiger partial charge in [0.1, 0.15) is 0 Å². The lowest BCUT2D eigenvalue weighted by Crippen LogP contribution is -2.21. The summed E-state index contributed by atoms with van der Waals surface area (Å²) in [6.07, 6.45) is 2.71. The molecule has 2 N–H and O–H groups in total. The smallest absolute Gasteiger partial charge is 0.243 e. The number of rotatable bonds is 5. The minimum atomic E-state index is -0.0889. The standard InChI is InChI=1S/C14H17BrN4O/c1-3-12-13(9-19(2)18-12)16-8-14(20)17-11-6-4-5-10(15)7-11/h4-7,9,16H,3,8H2,1-2H3,(H,17,20). The number of halogens is 1. The molecule has 0 radical (unpaired) electrons. The number of nitrogens with zero attached hydrogens (tertiary/aromatic N) is 2. The Kier molecular flexibility index (Phi) is 4.79. The molecule has 0 aliphatic rings. The zero-order valence-corrected chi connectivity index (χ0v) is 13.1. The Bertz CT molecular complexity index is 609. The van der Waals surface area contributed by atoms with Gasteiger partial charge in [0.2, 0.25) is 5.91 Å². The number of anilines is 2. The second-order valence-electron chi connectivity index (χ2n) is 4.43. The van der Waals surface area contributed by atoms with Gasteiger partial charge in [-0.1, -0.05) is 28.9 Å². The number of amides is 1. The van der Waals surface area contributed by atoms with E-state index >= 15 is 0 Å². The van der Waals surface area contributed by atoms with Crippen molar-refractivity contribution in [2.24, 2.45) is 7.05 Å². The molecule has 2 aromatic rings. The summed E-state index contributed by atoms with van der Waals surface area (Å²) in [6, 6.07) is 7.50. The molecule has 6 heteroatoms. The fourth-order valence-electron chi connectivity index (χ4n) is 1.89. The first kappa shape index (κ1) is 14.6. The van der Waals surface area contributed by atoms with Crippen molar-refractivity contribution >= 4 is 33.2 Å². The van der Waals surface area contributed by atoms with E-state index in [1.54, 1.807) is 4.68 Å². The molecule has 0 saturated carbocycles. The summed E-state index contributed by atoms with van der Waals surface area (Å²) in [4.78, 5) is 11.9. The van der Waals surface area contributed by atoms with Crippen LogP contribution < -0.4 is 10.6 Å². The van der Waals surface area contributed by atoms with Crippen LogP contribution >= 0.6 is 15.9 Å². The van der Waals surface area contributed by atoms with Crippen LogP contribution in [0.15, 0.2) is 34.9 Å². The minimum Gasteiger partial charge on any atom is -0.373 e. The first-order chi connectivity index (χ1) is 9.58. The van der Waals surface area contributed by atoms with Crippen LogP contribution in [0.25, 0.3) is 0 Å². The molecule has 1 aromatic heterocycles. The van der Waals surface area contributed by atoms with Gasteiger partial charge in [-0.3, -0.25) is 9.48 Å². The van der Waals surface area contributed by atoms with Gasteiger partial charge >= 0.3 is 0 Å². The van der Waals surface area contributed by atoms with Crippen molar-refractivity contribution in [2.45, 2.75) is 13.3 Å². The fraction of sp³-hybridized carbons (Fsp3) is 0.286. The molecule has 2 rings (SSSR count). The maximum Gasteiger partial charge on any atom is 0.243 e. The lowest BCUT2D eigenvalue weighted by atomic mass is 10.3. The Hall–Kier alpha value is -1.82. The molecule has 0 bridgehead atoms. The molecule has 1 amide bonds. The molecule has 1 aromatic carbocycles. The number of nitrogens with one attached hydrogen (secondary N) is 2. The molecule has 1 heterocycles. The quantitative estimate of drug-likeness (QED) is 0.882. The molecule has 0 fully saturated rings. The van der Waals surface area contributed by atoms with Crippen molar-refractivity contribution in [1.29, 1.82) is 0 Å². The Labute approximate surface area is 126 Å². The van der Waals surface area contributed by atoms with Gasteiger partial charge in [-0.05, 0) is 24.6 Å². The molecule has 0 aliphatic carbocycles. The van der Waals surface area contributed by atoms with Crippen LogP contribution in [0.2, 0.25) is 0 Å². The second-order valence-corrected chi connectivity index (χ2v) is 5.34. The van der Waals surface area contributed by atoms with Gasteiger partial charge < -0.3 is 10.6 Å². The van der Waals surface area contributed by atoms with Crippen molar-refractivity contribution in [1.82, 2.24) is 9.78 Å². The Balaban J connectivity index is 1.92. The van der Waals surface area contributed by atoms with Crippen LogP contribution in [0.1, 0.15) is 12.6 Å². The van der Waals surface area contributed by atoms with Crippen molar-refractivity contribution in [2.75, 3.05) is 17.2 Å². The number of aromatic nitrogens is 2. The Morgan fingerprint density at radius 3 is 2.95 bits per heavy atom. The van der Waals surface area contributed by atoms with Crippen LogP contribution in [0.5, 0.6) is 0 Å². The summed E-state index contributed by atoms with van der Waals surface area (Å²) in [7, 11) is 1.87. The molecule has 0 atom stereocenters. The predicted octanol–water partition coefficient (Wildman–Crippen LogP) is 2.80. The SMILES string of the molecule is CCc1nn(C)cc1NCC(=O)Nc1cccc(Br)c1. The zero-order valence-electron chi connectivity index (χ0n) is 11.5. The number of carbonyl (C=O) groups excluding carboxylic acids is 1. The van der Waals surface area contributed by atoms with E-state index in [9.17, 15) is 4.79 Å². The van der Waals surface area contributed by atoms with Gasteiger partial charge in [0.15, 0.2) is 0 Å². The fourth-order valence-corrected chi connectivity index (χ4v) is 2.29. The van der Waals surface area contributed by atoms with Gasteiger partial charge in [-0.25, -0.2) is 0 Å². The van der Waals surface area contributed by atoms with Crippen LogP contribution in [0.4, 0.5) is 11.4 Å². The first-order valence-corrected chi connectivity index (χ1v) is 7.19. The Morgan fingerprint density at radius 2 is 2.25 bits per heavy atom.